The molecule has 7 nitrogen and oxygen atoms in total. The number of piperazine rings is 1. The van der Waals surface area contributed by atoms with Gasteiger partial charge in [0.25, 0.3) is 0 Å². The van der Waals surface area contributed by atoms with Gasteiger partial charge in [-0.1, -0.05) is 11.6 Å². The third kappa shape index (κ3) is 4.25. The third-order valence-corrected chi connectivity index (χ3v) is 4.61. The first-order valence-electron chi connectivity index (χ1n) is 8.82. The molecule has 3 aromatic rings. The van der Waals surface area contributed by atoms with E-state index in [1.807, 2.05) is 43.3 Å². The molecule has 0 amide bonds. The molecule has 1 fully saturated rings. The van der Waals surface area contributed by atoms with Gasteiger partial charge in [-0.15, -0.1) is 0 Å². The minimum Gasteiger partial charge on any atom is -0.340 e. The molecule has 0 spiro atoms. The highest BCUT2D eigenvalue weighted by atomic mass is 35.5. The Labute approximate surface area is 163 Å². The normalized spacial score (nSPS) is 14.3. The maximum Gasteiger partial charge on any atom is 0.227 e. The number of hydrogen-bond donors (Lipinski definition) is 1. The summed E-state index contributed by atoms with van der Waals surface area (Å²) in [6, 6.07) is 11.3. The van der Waals surface area contributed by atoms with E-state index >= 15 is 0 Å². The Hall–Kier alpha value is -2.93. The molecule has 0 unspecified atom stereocenters. The molecular weight excluding hydrogens is 362 g/mol. The first-order valence-corrected chi connectivity index (χ1v) is 9.20. The molecule has 0 aliphatic carbocycles. The summed E-state index contributed by atoms with van der Waals surface area (Å²) in [5.41, 5.74) is 1.86. The minimum absolute atomic E-state index is 0.709. The Kier molecular flexibility index (Phi) is 5.02. The minimum atomic E-state index is 0.709. The van der Waals surface area contributed by atoms with E-state index in [1.165, 1.54) is 0 Å². The molecule has 1 N–H and O–H groups in total. The number of benzene rings is 1. The highest BCUT2D eigenvalue weighted by molar-refractivity contribution is 6.30. The number of anilines is 4. The van der Waals surface area contributed by atoms with Gasteiger partial charge >= 0.3 is 0 Å². The van der Waals surface area contributed by atoms with E-state index in [1.54, 1.807) is 12.4 Å². The lowest BCUT2D eigenvalue weighted by molar-refractivity contribution is 0.627. The van der Waals surface area contributed by atoms with Crippen LogP contribution < -0.4 is 15.1 Å². The molecule has 0 atom stereocenters. The van der Waals surface area contributed by atoms with Crippen molar-refractivity contribution >= 4 is 35.0 Å². The second kappa shape index (κ2) is 7.75. The maximum atomic E-state index is 5.95. The molecule has 0 saturated carbocycles. The molecule has 138 valence electrons. The molecule has 4 rings (SSSR count). The van der Waals surface area contributed by atoms with Crippen LogP contribution in [0, 0.1) is 6.92 Å². The quantitative estimate of drug-likeness (QED) is 0.743. The van der Waals surface area contributed by atoms with E-state index < -0.39 is 0 Å². The summed E-state index contributed by atoms with van der Waals surface area (Å²) in [5.74, 6) is 2.28. The number of aromatic nitrogens is 4. The van der Waals surface area contributed by atoms with Crippen molar-refractivity contribution in [1.82, 2.24) is 19.9 Å². The van der Waals surface area contributed by atoms with Crippen LogP contribution in [-0.4, -0.2) is 46.1 Å². The lowest BCUT2D eigenvalue weighted by Crippen LogP contribution is -2.47. The van der Waals surface area contributed by atoms with E-state index in [-0.39, 0.29) is 0 Å². The van der Waals surface area contributed by atoms with E-state index in [9.17, 15) is 0 Å². The monoisotopic (exact) mass is 381 g/mol. The van der Waals surface area contributed by atoms with Crippen molar-refractivity contribution in [3.05, 3.63) is 59.5 Å². The van der Waals surface area contributed by atoms with Gasteiger partial charge in [-0.2, -0.15) is 4.98 Å². The molecule has 1 aromatic carbocycles. The predicted molar refractivity (Wildman–Crippen MR) is 108 cm³/mol. The van der Waals surface area contributed by atoms with Crippen LogP contribution in [0.15, 0.2) is 48.8 Å². The Morgan fingerprint density at radius 2 is 1.52 bits per heavy atom. The molecule has 27 heavy (non-hydrogen) atoms. The average Bonchev–Trinajstić information content (AvgIpc) is 2.70. The zero-order chi connectivity index (χ0) is 18.6. The van der Waals surface area contributed by atoms with Crippen molar-refractivity contribution in [1.29, 1.82) is 0 Å². The summed E-state index contributed by atoms with van der Waals surface area (Å²) in [5, 5.41) is 4.03. The van der Waals surface area contributed by atoms with Crippen molar-refractivity contribution in [3.63, 3.8) is 0 Å². The number of halogens is 1. The van der Waals surface area contributed by atoms with Crippen molar-refractivity contribution < 1.29 is 0 Å². The SMILES string of the molecule is Cc1cc(Nc2ccc(Cl)cc2)nc(N2CCN(c3ncccn3)CC2)n1. The summed E-state index contributed by atoms with van der Waals surface area (Å²) in [6.45, 7) is 5.29. The third-order valence-electron chi connectivity index (χ3n) is 4.36. The number of hydrogen-bond acceptors (Lipinski definition) is 7. The van der Waals surface area contributed by atoms with Crippen LogP contribution >= 0.6 is 11.6 Å². The first-order chi connectivity index (χ1) is 13.2. The van der Waals surface area contributed by atoms with Gasteiger partial charge in [0, 0.05) is 61.0 Å². The van der Waals surface area contributed by atoms with Crippen molar-refractivity contribution in [3.8, 4) is 0 Å². The van der Waals surface area contributed by atoms with Crippen LogP contribution in [0.1, 0.15) is 5.69 Å². The second-order valence-electron chi connectivity index (χ2n) is 6.35. The number of nitrogens with zero attached hydrogens (tertiary/aromatic N) is 6. The number of aryl methyl sites for hydroxylation is 1. The molecule has 8 heteroatoms. The van der Waals surface area contributed by atoms with Crippen LogP contribution in [0.3, 0.4) is 0 Å². The van der Waals surface area contributed by atoms with Gasteiger partial charge in [0.2, 0.25) is 11.9 Å². The Morgan fingerprint density at radius 3 is 2.19 bits per heavy atom. The van der Waals surface area contributed by atoms with Crippen LogP contribution in [0.25, 0.3) is 0 Å². The smallest absolute Gasteiger partial charge is 0.227 e. The lowest BCUT2D eigenvalue weighted by Gasteiger charge is -2.34. The van der Waals surface area contributed by atoms with Gasteiger partial charge in [-0.05, 0) is 37.3 Å². The Balaban J connectivity index is 1.46. The largest absolute Gasteiger partial charge is 0.340 e. The van der Waals surface area contributed by atoms with E-state index in [0.717, 1.165) is 55.3 Å². The molecule has 0 radical (unpaired) electrons. The van der Waals surface area contributed by atoms with Gasteiger partial charge in [0.15, 0.2) is 0 Å². The van der Waals surface area contributed by atoms with Crippen LogP contribution in [0.5, 0.6) is 0 Å². The fraction of sp³-hybridized carbons (Fsp3) is 0.263. The van der Waals surface area contributed by atoms with Crippen molar-refractivity contribution in [2.24, 2.45) is 0 Å². The second-order valence-corrected chi connectivity index (χ2v) is 6.79. The van der Waals surface area contributed by atoms with Gasteiger partial charge < -0.3 is 15.1 Å². The summed E-state index contributed by atoms with van der Waals surface area (Å²) in [4.78, 5) is 22.3. The summed E-state index contributed by atoms with van der Waals surface area (Å²) in [7, 11) is 0. The van der Waals surface area contributed by atoms with Gasteiger partial charge in [-0.3, -0.25) is 0 Å². The Bertz CT molecular complexity index is 894. The topological polar surface area (TPSA) is 70.1 Å². The molecular formula is C19H20ClN7. The molecule has 1 saturated heterocycles. The van der Waals surface area contributed by atoms with Crippen molar-refractivity contribution in [2.45, 2.75) is 6.92 Å². The number of nitrogens with one attached hydrogen (secondary N) is 1. The number of rotatable bonds is 4. The first kappa shape index (κ1) is 17.5. The fourth-order valence-corrected chi connectivity index (χ4v) is 3.13. The van der Waals surface area contributed by atoms with Gasteiger partial charge in [0.05, 0.1) is 0 Å². The Morgan fingerprint density at radius 1 is 0.889 bits per heavy atom. The van der Waals surface area contributed by atoms with E-state index in [4.69, 9.17) is 16.6 Å². The molecule has 3 heterocycles. The van der Waals surface area contributed by atoms with Crippen molar-refractivity contribution in [2.75, 3.05) is 41.3 Å². The molecule has 1 aliphatic heterocycles. The van der Waals surface area contributed by atoms with E-state index in [2.05, 4.69) is 30.1 Å². The predicted octanol–water partition coefficient (Wildman–Crippen LogP) is 3.30. The molecule has 2 aromatic heterocycles. The summed E-state index contributed by atoms with van der Waals surface area (Å²) < 4.78 is 0. The lowest BCUT2D eigenvalue weighted by atomic mass is 10.3. The van der Waals surface area contributed by atoms with Crippen LogP contribution in [-0.2, 0) is 0 Å². The fourth-order valence-electron chi connectivity index (χ4n) is 3.00. The highest BCUT2D eigenvalue weighted by Gasteiger charge is 2.21. The van der Waals surface area contributed by atoms with E-state index in [0.29, 0.717) is 5.02 Å². The average molecular weight is 382 g/mol. The van der Waals surface area contributed by atoms with Gasteiger partial charge in [0.1, 0.15) is 5.82 Å². The summed E-state index contributed by atoms with van der Waals surface area (Å²) >= 11 is 5.95. The molecule has 0 bridgehead atoms. The standard InChI is InChI=1S/C19H20ClN7/c1-14-13-17(24-16-5-3-15(20)4-6-16)25-19(23-14)27-11-9-26(10-12-27)18-21-7-2-8-22-18/h2-8,13H,9-12H2,1H3,(H,23,24,25). The zero-order valence-corrected chi connectivity index (χ0v) is 15.8. The summed E-state index contributed by atoms with van der Waals surface area (Å²) in [6.07, 6.45) is 3.54. The van der Waals surface area contributed by atoms with Crippen LogP contribution in [0.2, 0.25) is 5.02 Å². The maximum absolute atomic E-state index is 5.95. The highest BCUT2D eigenvalue weighted by Crippen LogP contribution is 2.21. The van der Waals surface area contributed by atoms with Gasteiger partial charge in [-0.25, -0.2) is 15.0 Å². The zero-order valence-electron chi connectivity index (χ0n) is 15.0. The molecule has 1 aliphatic rings. The van der Waals surface area contributed by atoms with Crippen LogP contribution in [0.4, 0.5) is 23.4 Å².